The lowest BCUT2D eigenvalue weighted by molar-refractivity contribution is -0.122. The van der Waals surface area contributed by atoms with Crippen LogP contribution in [0.1, 0.15) is 31.2 Å². The van der Waals surface area contributed by atoms with E-state index in [1.807, 2.05) is 24.3 Å². The van der Waals surface area contributed by atoms with Crippen molar-refractivity contribution in [2.45, 2.75) is 38.3 Å². The number of benzene rings is 2. The van der Waals surface area contributed by atoms with Crippen LogP contribution in [0.25, 0.3) is 10.8 Å². The number of ether oxygens (including phenoxy) is 1. The predicted octanol–water partition coefficient (Wildman–Crippen LogP) is 3.40. The van der Waals surface area contributed by atoms with E-state index in [0.29, 0.717) is 18.9 Å². The molecule has 0 radical (unpaired) electrons. The maximum atomic E-state index is 12.1. The summed E-state index contributed by atoms with van der Waals surface area (Å²) in [4.78, 5) is 12.1. The Balaban J connectivity index is 0.00000208. The molecular formula is C19H25ClN2O2. The molecule has 1 fully saturated rings. The lowest BCUT2D eigenvalue weighted by Gasteiger charge is -2.15. The fourth-order valence-corrected chi connectivity index (χ4v) is 3.34. The molecule has 2 aromatic carbocycles. The minimum Gasteiger partial charge on any atom is -0.497 e. The highest BCUT2D eigenvalue weighted by atomic mass is 35.5. The van der Waals surface area contributed by atoms with Crippen molar-refractivity contribution in [2.24, 2.45) is 11.7 Å². The number of nitrogens with one attached hydrogen (secondary N) is 1. The molecule has 5 heteroatoms. The largest absolute Gasteiger partial charge is 0.497 e. The summed E-state index contributed by atoms with van der Waals surface area (Å²) in [6.45, 7) is 0.558. The number of fused-ring (bicyclic) bond motifs is 1. The number of methoxy groups -OCH3 is 1. The minimum absolute atomic E-state index is 0. The molecule has 1 saturated carbocycles. The number of amides is 1. The summed E-state index contributed by atoms with van der Waals surface area (Å²) in [5, 5.41) is 5.30. The van der Waals surface area contributed by atoms with Crippen molar-refractivity contribution < 1.29 is 9.53 Å². The van der Waals surface area contributed by atoms with Gasteiger partial charge in [-0.15, -0.1) is 12.4 Å². The molecule has 0 unspecified atom stereocenters. The molecule has 4 nitrogen and oxygen atoms in total. The van der Waals surface area contributed by atoms with E-state index in [2.05, 4.69) is 17.4 Å². The van der Waals surface area contributed by atoms with E-state index < -0.39 is 0 Å². The minimum atomic E-state index is 0. The quantitative estimate of drug-likeness (QED) is 0.870. The molecule has 3 rings (SSSR count). The van der Waals surface area contributed by atoms with Crippen molar-refractivity contribution in [3.63, 3.8) is 0 Å². The first-order valence-corrected chi connectivity index (χ1v) is 8.24. The summed E-state index contributed by atoms with van der Waals surface area (Å²) in [5.74, 6) is 1.30. The fraction of sp³-hybridized carbons (Fsp3) is 0.421. The SMILES string of the molecule is COc1ccc2cc(CNC(=O)C[C@@H]3CCC[C@H]3N)ccc2c1.Cl. The molecule has 1 aliphatic rings. The number of nitrogens with two attached hydrogens (primary N) is 1. The Kier molecular flexibility index (Phi) is 6.46. The molecule has 24 heavy (non-hydrogen) atoms. The molecule has 0 bridgehead atoms. The second kappa shape index (κ2) is 8.36. The van der Waals surface area contributed by atoms with E-state index >= 15 is 0 Å². The van der Waals surface area contributed by atoms with Gasteiger partial charge in [0.15, 0.2) is 0 Å². The van der Waals surface area contributed by atoms with Crippen molar-refractivity contribution in [1.82, 2.24) is 5.32 Å². The Morgan fingerprint density at radius 1 is 1.21 bits per heavy atom. The standard InChI is InChI=1S/C19H24N2O2.ClH/c1-23-17-8-7-14-9-13(5-6-15(14)10-17)12-21-19(22)11-16-3-2-4-18(16)20;/h5-10,16,18H,2-4,11-12,20H2,1H3,(H,21,22);1H/t16-,18+;/m0./s1. The van der Waals surface area contributed by atoms with Gasteiger partial charge in [0, 0.05) is 19.0 Å². The highest BCUT2D eigenvalue weighted by Crippen LogP contribution is 2.26. The Morgan fingerprint density at radius 3 is 2.67 bits per heavy atom. The van der Waals surface area contributed by atoms with E-state index in [4.69, 9.17) is 10.5 Å². The van der Waals surface area contributed by atoms with Crippen molar-refractivity contribution in [3.05, 3.63) is 42.0 Å². The third kappa shape index (κ3) is 4.40. The molecule has 2 aromatic rings. The van der Waals surface area contributed by atoms with Gasteiger partial charge in [-0.25, -0.2) is 0 Å². The van der Waals surface area contributed by atoms with E-state index in [1.165, 1.54) is 0 Å². The molecule has 0 aromatic heterocycles. The van der Waals surface area contributed by atoms with Crippen LogP contribution in [0.3, 0.4) is 0 Å². The van der Waals surface area contributed by atoms with Crippen LogP contribution in [0.15, 0.2) is 36.4 Å². The average Bonchev–Trinajstić information content (AvgIpc) is 2.97. The highest BCUT2D eigenvalue weighted by molar-refractivity contribution is 5.85. The predicted molar refractivity (Wildman–Crippen MR) is 99.5 cm³/mol. The van der Waals surface area contributed by atoms with E-state index in [1.54, 1.807) is 7.11 Å². The summed E-state index contributed by atoms with van der Waals surface area (Å²) in [6.07, 6.45) is 3.82. The first-order valence-electron chi connectivity index (χ1n) is 8.24. The Hall–Kier alpha value is -1.78. The molecule has 0 heterocycles. The molecular weight excluding hydrogens is 324 g/mol. The lowest BCUT2D eigenvalue weighted by atomic mass is 10.00. The third-order valence-corrected chi connectivity index (χ3v) is 4.77. The van der Waals surface area contributed by atoms with Crippen LogP contribution in [-0.4, -0.2) is 19.1 Å². The number of carbonyl (C=O) groups is 1. The maximum Gasteiger partial charge on any atom is 0.220 e. The van der Waals surface area contributed by atoms with Crippen LogP contribution < -0.4 is 15.8 Å². The monoisotopic (exact) mass is 348 g/mol. The molecule has 3 N–H and O–H groups in total. The Labute approximate surface area is 149 Å². The summed E-state index contributed by atoms with van der Waals surface area (Å²) in [5.41, 5.74) is 7.13. The molecule has 0 aliphatic heterocycles. The maximum absolute atomic E-state index is 12.1. The van der Waals surface area contributed by atoms with Gasteiger partial charge < -0.3 is 15.8 Å². The third-order valence-electron chi connectivity index (χ3n) is 4.77. The van der Waals surface area contributed by atoms with E-state index in [9.17, 15) is 4.79 Å². The molecule has 1 aliphatic carbocycles. The van der Waals surface area contributed by atoms with Gasteiger partial charge in [-0.1, -0.05) is 24.6 Å². The summed E-state index contributed by atoms with van der Waals surface area (Å²) < 4.78 is 5.24. The van der Waals surface area contributed by atoms with Crippen molar-refractivity contribution in [2.75, 3.05) is 7.11 Å². The van der Waals surface area contributed by atoms with Gasteiger partial charge in [0.1, 0.15) is 5.75 Å². The lowest BCUT2D eigenvalue weighted by Crippen LogP contribution is -2.31. The van der Waals surface area contributed by atoms with Gasteiger partial charge in [0.05, 0.1) is 7.11 Å². The number of hydrogen-bond acceptors (Lipinski definition) is 3. The van der Waals surface area contributed by atoms with Gasteiger partial charge in [0.25, 0.3) is 0 Å². The van der Waals surface area contributed by atoms with Crippen molar-refractivity contribution in [1.29, 1.82) is 0 Å². The van der Waals surface area contributed by atoms with Crippen LogP contribution in [0, 0.1) is 5.92 Å². The van der Waals surface area contributed by atoms with Crippen molar-refractivity contribution >= 4 is 29.1 Å². The second-order valence-corrected chi connectivity index (χ2v) is 6.38. The summed E-state index contributed by atoms with van der Waals surface area (Å²) >= 11 is 0. The highest BCUT2D eigenvalue weighted by Gasteiger charge is 2.25. The number of halogens is 1. The number of hydrogen-bond donors (Lipinski definition) is 2. The van der Waals surface area contributed by atoms with Gasteiger partial charge >= 0.3 is 0 Å². The zero-order chi connectivity index (χ0) is 16.2. The topological polar surface area (TPSA) is 64.3 Å². The number of rotatable bonds is 5. The second-order valence-electron chi connectivity index (χ2n) is 6.38. The van der Waals surface area contributed by atoms with Crippen LogP contribution >= 0.6 is 12.4 Å². The fourth-order valence-electron chi connectivity index (χ4n) is 3.34. The summed E-state index contributed by atoms with van der Waals surface area (Å²) in [7, 11) is 1.67. The zero-order valence-electron chi connectivity index (χ0n) is 14.0. The van der Waals surface area contributed by atoms with Gasteiger partial charge in [0.2, 0.25) is 5.91 Å². The molecule has 130 valence electrons. The van der Waals surface area contributed by atoms with Crippen LogP contribution in [0.5, 0.6) is 5.75 Å². The zero-order valence-corrected chi connectivity index (χ0v) is 14.8. The number of carbonyl (C=O) groups excluding carboxylic acids is 1. The first-order chi connectivity index (χ1) is 11.2. The first kappa shape index (κ1) is 18.6. The molecule has 2 atom stereocenters. The molecule has 0 spiro atoms. The average molecular weight is 349 g/mol. The smallest absolute Gasteiger partial charge is 0.220 e. The molecule has 1 amide bonds. The van der Waals surface area contributed by atoms with Gasteiger partial charge in [-0.05, 0) is 53.3 Å². The van der Waals surface area contributed by atoms with Crippen LogP contribution in [0.2, 0.25) is 0 Å². The van der Waals surface area contributed by atoms with Gasteiger partial charge in [-0.3, -0.25) is 4.79 Å². The Bertz CT molecular complexity index is 705. The van der Waals surface area contributed by atoms with Crippen LogP contribution in [-0.2, 0) is 11.3 Å². The van der Waals surface area contributed by atoms with Gasteiger partial charge in [-0.2, -0.15) is 0 Å². The Morgan fingerprint density at radius 2 is 1.96 bits per heavy atom. The van der Waals surface area contributed by atoms with Crippen molar-refractivity contribution in [3.8, 4) is 5.75 Å². The van der Waals surface area contributed by atoms with Crippen LogP contribution in [0.4, 0.5) is 0 Å². The van der Waals surface area contributed by atoms with E-state index in [-0.39, 0.29) is 24.4 Å². The summed E-state index contributed by atoms with van der Waals surface area (Å²) in [6, 6.07) is 12.4. The normalized spacial score (nSPS) is 19.8. The molecule has 0 saturated heterocycles. The van der Waals surface area contributed by atoms with E-state index in [0.717, 1.165) is 41.3 Å².